The summed E-state index contributed by atoms with van der Waals surface area (Å²) in [5.41, 5.74) is 3.88. The van der Waals surface area contributed by atoms with E-state index in [1.54, 1.807) is 23.5 Å². The van der Waals surface area contributed by atoms with Gasteiger partial charge in [0, 0.05) is 21.8 Å². The normalized spacial score (nSPS) is 16.3. The first-order valence-electron chi connectivity index (χ1n) is 10.6. The number of nitrogens with one attached hydrogen (secondary N) is 1. The van der Waals surface area contributed by atoms with Crippen molar-refractivity contribution in [1.29, 1.82) is 0 Å². The van der Waals surface area contributed by atoms with Gasteiger partial charge in [0.1, 0.15) is 5.00 Å². The Labute approximate surface area is 193 Å². The summed E-state index contributed by atoms with van der Waals surface area (Å²) in [6.45, 7) is 6.91. The van der Waals surface area contributed by atoms with Crippen molar-refractivity contribution in [3.05, 3.63) is 81.2 Å². The molecule has 0 aliphatic heterocycles. The highest BCUT2D eigenvalue weighted by Gasteiger charge is 2.33. The first-order chi connectivity index (χ1) is 14.8. The molecule has 1 aliphatic carbocycles. The summed E-state index contributed by atoms with van der Waals surface area (Å²) in [4.78, 5) is 19.4. The van der Waals surface area contributed by atoms with Crippen LogP contribution in [-0.2, 0) is 12.8 Å². The van der Waals surface area contributed by atoms with E-state index in [2.05, 4.69) is 26.1 Å². The minimum Gasteiger partial charge on any atom is -0.322 e. The fourth-order valence-corrected chi connectivity index (χ4v) is 5.43. The van der Waals surface area contributed by atoms with Crippen LogP contribution in [-0.4, -0.2) is 12.1 Å². The van der Waals surface area contributed by atoms with Crippen molar-refractivity contribution in [2.24, 2.45) is 16.3 Å². The number of hydrogen-bond acceptors (Lipinski definition) is 3. The molecule has 31 heavy (non-hydrogen) atoms. The van der Waals surface area contributed by atoms with Crippen molar-refractivity contribution in [3.8, 4) is 0 Å². The van der Waals surface area contributed by atoms with Gasteiger partial charge in [-0.25, -0.2) is 4.99 Å². The molecule has 1 amide bonds. The summed E-state index contributed by atoms with van der Waals surface area (Å²) in [5, 5.41) is 4.47. The number of rotatable bonds is 4. The van der Waals surface area contributed by atoms with Crippen molar-refractivity contribution in [2.75, 3.05) is 5.32 Å². The van der Waals surface area contributed by atoms with Gasteiger partial charge in [-0.3, -0.25) is 4.79 Å². The summed E-state index contributed by atoms with van der Waals surface area (Å²) in [5.74, 6) is 0.506. The summed E-state index contributed by atoms with van der Waals surface area (Å²) in [6.07, 6.45) is 4.86. The number of nitrogens with zero attached hydrogens (tertiary/aromatic N) is 1. The van der Waals surface area contributed by atoms with Crippen molar-refractivity contribution in [3.63, 3.8) is 0 Å². The monoisotopic (exact) mass is 450 g/mol. The first-order valence-corrected chi connectivity index (χ1v) is 11.8. The van der Waals surface area contributed by atoms with Gasteiger partial charge in [-0.2, -0.15) is 0 Å². The van der Waals surface area contributed by atoms with Crippen LogP contribution >= 0.6 is 22.9 Å². The third-order valence-electron chi connectivity index (χ3n) is 5.93. The smallest absolute Gasteiger partial charge is 0.259 e. The second-order valence-corrected chi connectivity index (χ2v) is 10.6. The van der Waals surface area contributed by atoms with Gasteiger partial charge in [-0.1, -0.05) is 62.7 Å². The van der Waals surface area contributed by atoms with Crippen LogP contribution in [0.3, 0.4) is 0 Å². The topological polar surface area (TPSA) is 41.5 Å². The lowest BCUT2D eigenvalue weighted by molar-refractivity contribution is 0.102. The van der Waals surface area contributed by atoms with E-state index >= 15 is 0 Å². The first kappa shape index (κ1) is 21.8. The molecule has 2 aromatic carbocycles. The van der Waals surface area contributed by atoms with Gasteiger partial charge in [0.2, 0.25) is 0 Å². The Morgan fingerprint density at radius 2 is 1.84 bits per heavy atom. The van der Waals surface area contributed by atoms with Crippen LogP contribution in [0, 0.1) is 11.3 Å². The predicted molar refractivity (Wildman–Crippen MR) is 132 cm³/mol. The minimum absolute atomic E-state index is 0.103. The number of benzene rings is 2. The molecule has 1 atom stereocenters. The highest BCUT2D eigenvalue weighted by Crippen LogP contribution is 2.45. The van der Waals surface area contributed by atoms with E-state index in [9.17, 15) is 4.79 Å². The lowest BCUT2D eigenvalue weighted by Gasteiger charge is -2.33. The van der Waals surface area contributed by atoms with E-state index in [1.807, 2.05) is 48.7 Å². The fourth-order valence-electron chi connectivity index (χ4n) is 4.03. The molecule has 4 rings (SSSR count). The Morgan fingerprint density at radius 1 is 1.13 bits per heavy atom. The van der Waals surface area contributed by atoms with Gasteiger partial charge in [0.25, 0.3) is 5.91 Å². The molecular weight excluding hydrogens is 424 g/mol. The number of fused-ring (bicyclic) bond motifs is 1. The zero-order valence-electron chi connectivity index (χ0n) is 18.1. The van der Waals surface area contributed by atoms with Crippen molar-refractivity contribution in [2.45, 2.75) is 40.0 Å². The highest BCUT2D eigenvalue weighted by atomic mass is 35.5. The van der Waals surface area contributed by atoms with E-state index in [1.165, 1.54) is 4.88 Å². The van der Waals surface area contributed by atoms with Gasteiger partial charge in [0.05, 0.1) is 5.56 Å². The minimum atomic E-state index is -0.103. The van der Waals surface area contributed by atoms with E-state index in [-0.39, 0.29) is 11.3 Å². The van der Waals surface area contributed by atoms with Crippen LogP contribution in [0.5, 0.6) is 0 Å². The van der Waals surface area contributed by atoms with Gasteiger partial charge < -0.3 is 5.32 Å². The Morgan fingerprint density at radius 3 is 2.52 bits per heavy atom. The van der Waals surface area contributed by atoms with Crippen LogP contribution in [0.1, 0.15) is 53.6 Å². The molecule has 1 aromatic heterocycles. The molecule has 0 unspecified atom stereocenters. The molecule has 1 N–H and O–H groups in total. The molecule has 160 valence electrons. The van der Waals surface area contributed by atoms with Crippen LogP contribution in [0.2, 0.25) is 5.02 Å². The molecule has 1 heterocycles. The number of thiophene rings is 1. The van der Waals surface area contributed by atoms with Crippen molar-refractivity contribution in [1.82, 2.24) is 0 Å². The number of hydrogen-bond donors (Lipinski definition) is 1. The average Bonchev–Trinajstić information content (AvgIpc) is 3.12. The second-order valence-electron chi connectivity index (χ2n) is 9.12. The van der Waals surface area contributed by atoms with E-state index in [0.29, 0.717) is 10.9 Å². The molecule has 1 aliphatic rings. The molecule has 0 fully saturated rings. The summed E-state index contributed by atoms with van der Waals surface area (Å²) in [6, 6.07) is 17.2. The molecule has 0 saturated heterocycles. The molecule has 3 aromatic rings. The van der Waals surface area contributed by atoms with Gasteiger partial charge in [0.15, 0.2) is 0 Å². The maximum absolute atomic E-state index is 13.3. The average molecular weight is 451 g/mol. The third kappa shape index (κ3) is 5.08. The zero-order valence-corrected chi connectivity index (χ0v) is 19.7. The largest absolute Gasteiger partial charge is 0.322 e. The van der Waals surface area contributed by atoms with Gasteiger partial charge in [-0.05, 0) is 66.0 Å². The molecular formula is C26H27ClN2OS. The molecule has 0 radical (unpaired) electrons. The van der Waals surface area contributed by atoms with Crippen LogP contribution in [0.15, 0.2) is 59.6 Å². The van der Waals surface area contributed by atoms with E-state index < -0.39 is 0 Å². The van der Waals surface area contributed by atoms with Gasteiger partial charge in [-0.15, -0.1) is 11.3 Å². The second kappa shape index (κ2) is 8.97. The number of carbonyl (C=O) groups is 1. The number of amides is 1. The van der Waals surface area contributed by atoms with Crippen molar-refractivity contribution >= 4 is 45.7 Å². The van der Waals surface area contributed by atoms with Crippen molar-refractivity contribution < 1.29 is 4.79 Å². The molecule has 3 nitrogen and oxygen atoms in total. The standard InChI is InChI=1S/C26H27ClN2OS/c1-26(2,3)18-9-14-21-22(15-18)31-25(28-16-17-7-5-4-6-8-17)23(21)24(30)29-20-12-10-19(27)11-13-20/h4-8,10-13,16,18H,9,14-15H2,1-3H3,(H,29,30)/t18-/m1/s1. The fraction of sp³-hybridized carbons (Fsp3) is 0.308. The van der Waals surface area contributed by atoms with Crippen LogP contribution in [0.25, 0.3) is 0 Å². The summed E-state index contributed by atoms with van der Waals surface area (Å²) in [7, 11) is 0. The molecule has 0 spiro atoms. The van der Waals surface area contributed by atoms with Gasteiger partial charge >= 0.3 is 0 Å². The predicted octanol–water partition coefficient (Wildman–Crippen LogP) is 7.56. The summed E-state index contributed by atoms with van der Waals surface area (Å²) < 4.78 is 0. The molecule has 0 saturated carbocycles. The summed E-state index contributed by atoms with van der Waals surface area (Å²) >= 11 is 7.65. The number of halogens is 1. The maximum Gasteiger partial charge on any atom is 0.259 e. The number of anilines is 1. The molecule has 0 bridgehead atoms. The third-order valence-corrected chi connectivity index (χ3v) is 7.35. The Kier molecular flexibility index (Phi) is 6.31. The Hall–Kier alpha value is -2.43. The number of aliphatic imine (C=N–C) groups is 1. The van der Waals surface area contributed by atoms with E-state index in [4.69, 9.17) is 16.6 Å². The SMILES string of the molecule is CC(C)(C)[C@@H]1CCc2c(sc(N=Cc3ccccc3)c2C(=O)Nc2ccc(Cl)cc2)C1. The lowest BCUT2D eigenvalue weighted by Crippen LogP contribution is -2.27. The highest BCUT2D eigenvalue weighted by molar-refractivity contribution is 7.16. The number of carbonyl (C=O) groups excluding carboxylic acids is 1. The lowest BCUT2D eigenvalue weighted by atomic mass is 9.72. The quantitative estimate of drug-likeness (QED) is 0.409. The Bertz CT molecular complexity index is 1090. The van der Waals surface area contributed by atoms with Crippen LogP contribution < -0.4 is 5.32 Å². The van der Waals surface area contributed by atoms with Crippen LogP contribution in [0.4, 0.5) is 10.7 Å². The Balaban J connectivity index is 1.69. The zero-order chi connectivity index (χ0) is 22.0. The maximum atomic E-state index is 13.3. The molecule has 5 heteroatoms. The van der Waals surface area contributed by atoms with E-state index in [0.717, 1.165) is 46.6 Å².